The second-order valence-electron chi connectivity index (χ2n) is 4.95. The molecule has 1 unspecified atom stereocenters. The van der Waals surface area contributed by atoms with Gasteiger partial charge in [-0.05, 0) is 24.6 Å². The SMILES string of the molecule is COc1ccccc1C(N[C@H](C)CO)c1ccccc1Cl. The summed E-state index contributed by atoms with van der Waals surface area (Å²) in [4.78, 5) is 0. The van der Waals surface area contributed by atoms with Crippen molar-refractivity contribution in [2.75, 3.05) is 13.7 Å². The molecule has 0 aliphatic carbocycles. The van der Waals surface area contributed by atoms with Crippen molar-refractivity contribution in [3.63, 3.8) is 0 Å². The molecule has 4 heteroatoms. The fourth-order valence-corrected chi connectivity index (χ4v) is 2.54. The van der Waals surface area contributed by atoms with Gasteiger partial charge in [0.1, 0.15) is 5.75 Å². The molecule has 0 heterocycles. The van der Waals surface area contributed by atoms with E-state index in [1.54, 1.807) is 7.11 Å². The molecule has 2 aromatic rings. The minimum absolute atomic E-state index is 0.0517. The van der Waals surface area contributed by atoms with Crippen LogP contribution < -0.4 is 10.1 Å². The molecule has 0 aliphatic heterocycles. The van der Waals surface area contributed by atoms with Gasteiger partial charge in [0.05, 0.1) is 19.8 Å². The number of methoxy groups -OCH3 is 1. The first-order valence-electron chi connectivity index (χ1n) is 6.91. The van der Waals surface area contributed by atoms with Crippen LogP contribution in [0.5, 0.6) is 5.75 Å². The molecule has 0 spiro atoms. The highest BCUT2D eigenvalue weighted by atomic mass is 35.5. The van der Waals surface area contributed by atoms with E-state index in [2.05, 4.69) is 5.32 Å². The quantitative estimate of drug-likeness (QED) is 0.859. The van der Waals surface area contributed by atoms with Gasteiger partial charge < -0.3 is 15.2 Å². The Kier molecular flexibility index (Phi) is 5.62. The van der Waals surface area contributed by atoms with Crippen LogP contribution in [-0.4, -0.2) is 24.9 Å². The Morgan fingerprint density at radius 1 is 1.10 bits per heavy atom. The highest BCUT2D eigenvalue weighted by molar-refractivity contribution is 6.31. The number of ether oxygens (including phenoxy) is 1. The van der Waals surface area contributed by atoms with Crippen LogP contribution in [0.25, 0.3) is 0 Å². The van der Waals surface area contributed by atoms with E-state index < -0.39 is 0 Å². The lowest BCUT2D eigenvalue weighted by Gasteiger charge is -2.25. The van der Waals surface area contributed by atoms with Crippen LogP contribution >= 0.6 is 11.6 Å². The number of aliphatic hydroxyl groups is 1. The highest BCUT2D eigenvalue weighted by Gasteiger charge is 2.21. The molecule has 21 heavy (non-hydrogen) atoms. The summed E-state index contributed by atoms with van der Waals surface area (Å²) in [6, 6.07) is 15.3. The Morgan fingerprint density at radius 3 is 2.33 bits per heavy atom. The van der Waals surface area contributed by atoms with Crippen LogP contribution in [-0.2, 0) is 0 Å². The van der Waals surface area contributed by atoms with Crippen molar-refractivity contribution < 1.29 is 9.84 Å². The van der Waals surface area contributed by atoms with Crippen LogP contribution in [0.1, 0.15) is 24.1 Å². The van der Waals surface area contributed by atoms with Crippen LogP contribution in [0.4, 0.5) is 0 Å². The maximum atomic E-state index is 9.35. The van der Waals surface area contributed by atoms with Gasteiger partial charge in [0, 0.05) is 16.6 Å². The average Bonchev–Trinajstić information content (AvgIpc) is 2.53. The molecular formula is C17H20ClNO2. The first kappa shape index (κ1) is 15.8. The lowest BCUT2D eigenvalue weighted by Crippen LogP contribution is -2.34. The van der Waals surface area contributed by atoms with Crippen LogP contribution in [0.3, 0.4) is 0 Å². The Labute approximate surface area is 130 Å². The van der Waals surface area contributed by atoms with Crippen molar-refractivity contribution in [3.8, 4) is 5.75 Å². The van der Waals surface area contributed by atoms with Gasteiger partial charge in [-0.15, -0.1) is 0 Å². The number of nitrogens with one attached hydrogen (secondary N) is 1. The van der Waals surface area contributed by atoms with E-state index in [1.807, 2.05) is 55.5 Å². The molecule has 2 atom stereocenters. The highest BCUT2D eigenvalue weighted by Crippen LogP contribution is 2.33. The van der Waals surface area contributed by atoms with E-state index in [0.29, 0.717) is 5.02 Å². The Hall–Kier alpha value is -1.55. The van der Waals surface area contributed by atoms with Crippen molar-refractivity contribution in [2.24, 2.45) is 0 Å². The van der Waals surface area contributed by atoms with E-state index in [4.69, 9.17) is 16.3 Å². The number of rotatable bonds is 6. The van der Waals surface area contributed by atoms with Crippen LogP contribution in [0.15, 0.2) is 48.5 Å². The van der Waals surface area contributed by atoms with E-state index in [0.717, 1.165) is 16.9 Å². The number of benzene rings is 2. The summed E-state index contributed by atoms with van der Waals surface area (Å²) in [5.74, 6) is 0.792. The number of halogens is 1. The minimum atomic E-state index is -0.142. The lowest BCUT2D eigenvalue weighted by atomic mass is 9.97. The summed E-state index contributed by atoms with van der Waals surface area (Å²) in [6.45, 7) is 1.98. The summed E-state index contributed by atoms with van der Waals surface area (Å²) < 4.78 is 5.46. The van der Waals surface area contributed by atoms with Crippen molar-refractivity contribution in [1.29, 1.82) is 0 Å². The predicted molar refractivity (Wildman–Crippen MR) is 86.0 cm³/mol. The molecule has 0 bridgehead atoms. The normalized spacial score (nSPS) is 13.7. The molecule has 2 N–H and O–H groups in total. The van der Waals surface area contributed by atoms with Gasteiger partial charge in [-0.3, -0.25) is 0 Å². The smallest absolute Gasteiger partial charge is 0.123 e. The number of hydrogen-bond donors (Lipinski definition) is 2. The largest absolute Gasteiger partial charge is 0.496 e. The summed E-state index contributed by atoms with van der Waals surface area (Å²) in [5, 5.41) is 13.4. The first-order valence-corrected chi connectivity index (χ1v) is 7.29. The molecule has 0 saturated heterocycles. The van der Waals surface area contributed by atoms with Crippen LogP contribution in [0, 0.1) is 0 Å². The summed E-state index contributed by atoms with van der Waals surface area (Å²) in [7, 11) is 1.65. The predicted octanol–water partition coefficient (Wildman–Crippen LogP) is 3.41. The van der Waals surface area contributed by atoms with Crippen molar-refractivity contribution >= 4 is 11.6 Å². The van der Waals surface area contributed by atoms with E-state index in [1.165, 1.54) is 0 Å². The Bertz CT molecular complexity index is 589. The van der Waals surface area contributed by atoms with Gasteiger partial charge in [-0.25, -0.2) is 0 Å². The van der Waals surface area contributed by atoms with Gasteiger partial charge in [0.25, 0.3) is 0 Å². The topological polar surface area (TPSA) is 41.5 Å². The van der Waals surface area contributed by atoms with Gasteiger partial charge >= 0.3 is 0 Å². The fraction of sp³-hybridized carbons (Fsp3) is 0.294. The fourth-order valence-electron chi connectivity index (χ4n) is 2.30. The molecule has 0 aliphatic rings. The van der Waals surface area contributed by atoms with Gasteiger partial charge in [-0.1, -0.05) is 48.0 Å². The minimum Gasteiger partial charge on any atom is -0.496 e. The molecule has 112 valence electrons. The van der Waals surface area contributed by atoms with Crippen molar-refractivity contribution in [3.05, 3.63) is 64.7 Å². The number of aliphatic hydroxyl groups excluding tert-OH is 1. The van der Waals surface area contributed by atoms with Gasteiger partial charge in [-0.2, -0.15) is 0 Å². The lowest BCUT2D eigenvalue weighted by molar-refractivity contribution is 0.245. The third-order valence-corrected chi connectivity index (χ3v) is 3.74. The maximum absolute atomic E-state index is 9.35. The Balaban J connectivity index is 2.48. The zero-order valence-corrected chi connectivity index (χ0v) is 13.0. The maximum Gasteiger partial charge on any atom is 0.123 e. The molecule has 0 radical (unpaired) electrons. The molecule has 2 aromatic carbocycles. The van der Waals surface area contributed by atoms with Crippen molar-refractivity contribution in [1.82, 2.24) is 5.32 Å². The molecule has 0 saturated carbocycles. The molecule has 2 rings (SSSR count). The summed E-state index contributed by atoms with van der Waals surface area (Å²) >= 11 is 6.35. The average molecular weight is 306 g/mol. The number of hydrogen-bond acceptors (Lipinski definition) is 3. The zero-order valence-electron chi connectivity index (χ0n) is 12.2. The third kappa shape index (κ3) is 3.76. The molecule has 0 fully saturated rings. The van der Waals surface area contributed by atoms with Crippen LogP contribution in [0.2, 0.25) is 5.02 Å². The van der Waals surface area contributed by atoms with E-state index in [-0.39, 0.29) is 18.7 Å². The Morgan fingerprint density at radius 2 is 1.71 bits per heavy atom. The third-order valence-electron chi connectivity index (χ3n) is 3.39. The van der Waals surface area contributed by atoms with Crippen molar-refractivity contribution in [2.45, 2.75) is 19.0 Å². The van der Waals surface area contributed by atoms with E-state index >= 15 is 0 Å². The second kappa shape index (κ2) is 7.46. The monoisotopic (exact) mass is 305 g/mol. The number of para-hydroxylation sites is 1. The molecule has 3 nitrogen and oxygen atoms in total. The molecular weight excluding hydrogens is 286 g/mol. The zero-order chi connectivity index (χ0) is 15.2. The first-order chi connectivity index (χ1) is 10.2. The summed E-state index contributed by atoms with van der Waals surface area (Å²) in [6.07, 6.45) is 0. The molecule has 0 aromatic heterocycles. The van der Waals surface area contributed by atoms with Gasteiger partial charge in [0.2, 0.25) is 0 Å². The summed E-state index contributed by atoms with van der Waals surface area (Å²) in [5.41, 5.74) is 1.96. The standard InChI is InChI=1S/C17H20ClNO2/c1-12(11-20)19-17(13-7-3-5-9-15(13)18)14-8-4-6-10-16(14)21-2/h3-10,12,17,19-20H,11H2,1-2H3/t12-,17?/m1/s1. The van der Waals surface area contributed by atoms with Gasteiger partial charge in [0.15, 0.2) is 0 Å². The molecule has 0 amide bonds. The van der Waals surface area contributed by atoms with E-state index in [9.17, 15) is 5.11 Å². The second-order valence-corrected chi connectivity index (χ2v) is 5.35.